The van der Waals surface area contributed by atoms with Crippen LogP contribution in [0.25, 0.3) is 11.0 Å². The van der Waals surface area contributed by atoms with Gasteiger partial charge in [-0.05, 0) is 65.9 Å². The third kappa shape index (κ3) is 9.66. The van der Waals surface area contributed by atoms with E-state index in [1.54, 1.807) is 6.33 Å². The maximum Gasteiger partial charge on any atom is 0.490 e. The Labute approximate surface area is 236 Å². The maximum absolute atomic E-state index is 13.4. The molecule has 0 aliphatic heterocycles. The van der Waals surface area contributed by atoms with Crippen molar-refractivity contribution < 1.29 is 59.7 Å². The van der Waals surface area contributed by atoms with Gasteiger partial charge in [0.2, 0.25) is 0 Å². The van der Waals surface area contributed by atoms with Crippen molar-refractivity contribution in [2.75, 3.05) is 0 Å². The van der Waals surface area contributed by atoms with E-state index in [0.29, 0.717) is 19.4 Å². The average Bonchev–Trinajstić information content (AvgIpc) is 3.54. The van der Waals surface area contributed by atoms with E-state index in [1.165, 1.54) is 12.1 Å². The van der Waals surface area contributed by atoms with Gasteiger partial charge in [-0.1, -0.05) is 12.1 Å². The van der Waals surface area contributed by atoms with Gasteiger partial charge in [0, 0.05) is 18.7 Å². The van der Waals surface area contributed by atoms with Crippen LogP contribution in [0.3, 0.4) is 0 Å². The zero-order chi connectivity index (χ0) is 31.9. The van der Waals surface area contributed by atoms with Gasteiger partial charge in [-0.2, -0.15) is 26.3 Å². The number of aliphatic carboxylic acids is 2. The normalized spacial score (nSPS) is 12.9. The fourth-order valence-corrected chi connectivity index (χ4v) is 3.81. The summed E-state index contributed by atoms with van der Waals surface area (Å²) in [5.74, 6) is -5.55. The van der Waals surface area contributed by atoms with Crippen LogP contribution in [0, 0.1) is 11.6 Å². The first kappa shape index (κ1) is 32.8. The SMILES string of the molecule is Fc1cc2c(cc1F)CC(NCc1ccc(Oc3ccc4nc[nH]c4c3)cc1)C2.O=C(O)C(F)(F)F.O=C(O)C(F)(F)F. The van der Waals surface area contributed by atoms with Gasteiger partial charge in [-0.25, -0.2) is 23.4 Å². The highest BCUT2D eigenvalue weighted by atomic mass is 19.4. The Hall–Kier alpha value is -4.73. The molecule has 0 saturated carbocycles. The summed E-state index contributed by atoms with van der Waals surface area (Å²) >= 11 is 0. The van der Waals surface area contributed by atoms with Crippen LogP contribution in [0.2, 0.25) is 0 Å². The Bertz CT molecular complexity index is 1510. The first-order valence-corrected chi connectivity index (χ1v) is 12.0. The number of carboxylic acid groups (broad SMARTS) is 2. The molecule has 0 radical (unpaired) electrons. The number of benzene rings is 3. The number of rotatable bonds is 5. The molecule has 4 aromatic rings. The molecule has 0 amide bonds. The van der Waals surface area contributed by atoms with Gasteiger partial charge >= 0.3 is 24.3 Å². The average molecular weight is 619 g/mol. The molecule has 230 valence electrons. The van der Waals surface area contributed by atoms with Gasteiger partial charge < -0.3 is 25.3 Å². The monoisotopic (exact) mass is 619 g/mol. The second-order valence-electron chi connectivity index (χ2n) is 8.95. The number of fused-ring (bicyclic) bond motifs is 2. The smallest absolute Gasteiger partial charge is 0.475 e. The number of imidazole rings is 1. The second kappa shape index (κ2) is 13.5. The lowest BCUT2D eigenvalue weighted by Gasteiger charge is -2.12. The highest BCUT2D eigenvalue weighted by molar-refractivity contribution is 5.76. The minimum atomic E-state index is -5.08. The first-order chi connectivity index (χ1) is 20.0. The molecular weight excluding hydrogens is 598 g/mol. The lowest BCUT2D eigenvalue weighted by Crippen LogP contribution is -2.28. The number of halogens is 8. The number of H-pyrrole nitrogens is 1. The van der Waals surface area contributed by atoms with Crippen LogP contribution in [0.1, 0.15) is 16.7 Å². The lowest BCUT2D eigenvalue weighted by molar-refractivity contribution is -0.193. The van der Waals surface area contributed by atoms with Gasteiger partial charge in [-0.15, -0.1) is 0 Å². The molecule has 0 unspecified atom stereocenters. The molecule has 0 spiro atoms. The van der Waals surface area contributed by atoms with Crippen LogP contribution in [0.5, 0.6) is 11.5 Å². The first-order valence-electron chi connectivity index (χ1n) is 12.0. The zero-order valence-electron chi connectivity index (χ0n) is 21.6. The number of nitrogens with one attached hydrogen (secondary N) is 2. The molecule has 0 bridgehead atoms. The molecule has 4 N–H and O–H groups in total. The van der Waals surface area contributed by atoms with E-state index >= 15 is 0 Å². The fraction of sp³-hybridized carbons (Fsp3) is 0.222. The molecule has 3 aromatic carbocycles. The molecular formula is C27H21F8N3O5. The van der Waals surface area contributed by atoms with Crippen molar-refractivity contribution in [3.8, 4) is 11.5 Å². The van der Waals surface area contributed by atoms with Crippen molar-refractivity contribution in [1.82, 2.24) is 15.3 Å². The molecule has 16 heteroatoms. The summed E-state index contributed by atoms with van der Waals surface area (Å²) in [4.78, 5) is 25.1. The molecule has 1 heterocycles. The van der Waals surface area contributed by atoms with Crippen molar-refractivity contribution in [3.05, 3.63) is 89.2 Å². The van der Waals surface area contributed by atoms with Crippen molar-refractivity contribution in [2.45, 2.75) is 37.8 Å². The minimum absolute atomic E-state index is 0.184. The van der Waals surface area contributed by atoms with E-state index in [9.17, 15) is 35.1 Å². The number of aromatic amines is 1. The van der Waals surface area contributed by atoms with Crippen molar-refractivity contribution in [2.24, 2.45) is 0 Å². The molecule has 1 aromatic heterocycles. The highest BCUT2D eigenvalue weighted by Gasteiger charge is 2.38. The molecule has 43 heavy (non-hydrogen) atoms. The number of alkyl halides is 6. The number of carboxylic acids is 2. The molecule has 8 nitrogen and oxygen atoms in total. The summed E-state index contributed by atoms with van der Waals surface area (Å²) in [6.07, 6.45) is -7.08. The number of aromatic nitrogens is 2. The highest BCUT2D eigenvalue weighted by Crippen LogP contribution is 2.26. The van der Waals surface area contributed by atoms with Crippen LogP contribution in [0.15, 0.2) is 60.9 Å². The van der Waals surface area contributed by atoms with Crippen molar-refractivity contribution in [1.29, 1.82) is 0 Å². The summed E-state index contributed by atoms with van der Waals surface area (Å²) in [6.45, 7) is 0.685. The van der Waals surface area contributed by atoms with Crippen molar-refractivity contribution in [3.63, 3.8) is 0 Å². The van der Waals surface area contributed by atoms with E-state index in [2.05, 4.69) is 15.3 Å². The molecule has 5 rings (SSSR count). The van der Waals surface area contributed by atoms with Crippen LogP contribution >= 0.6 is 0 Å². The summed E-state index contributed by atoms with van der Waals surface area (Å²) in [7, 11) is 0. The van der Waals surface area contributed by atoms with Gasteiger partial charge in [0.05, 0.1) is 17.4 Å². The Morgan fingerprint density at radius 1 is 0.837 bits per heavy atom. The zero-order valence-corrected chi connectivity index (χ0v) is 21.6. The van der Waals surface area contributed by atoms with E-state index in [4.69, 9.17) is 24.5 Å². The Morgan fingerprint density at radius 2 is 1.33 bits per heavy atom. The number of hydrogen-bond donors (Lipinski definition) is 4. The quantitative estimate of drug-likeness (QED) is 0.197. The predicted molar refractivity (Wildman–Crippen MR) is 134 cm³/mol. The van der Waals surface area contributed by atoms with E-state index in [1.807, 2.05) is 42.5 Å². The third-order valence-corrected chi connectivity index (χ3v) is 5.81. The predicted octanol–water partition coefficient (Wildman–Crippen LogP) is 6.16. The molecule has 0 saturated heterocycles. The van der Waals surface area contributed by atoms with Gasteiger partial charge in [0.15, 0.2) is 11.6 Å². The molecule has 1 aliphatic carbocycles. The molecule has 1 aliphatic rings. The molecule has 0 atom stereocenters. The van der Waals surface area contributed by atoms with Crippen molar-refractivity contribution >= 4 is 23.0 Å². The standard InChI is InChI=1S/C23H19F2N3O.2C2HF3O2/c24-20-9-15-7-17(8-16(15)10-21(20)25)26-12-14-1-3-18(4-2-14)29-19-5-6-22-23(11-19)28-13-27-22;2*3-2(4,5)1(6)7/h1-6,9-11,13,17,26H,7-8,12H2,(H,27,28);2*(H,6,7). The number of nitrogens with zero attached hydrogens (tertiary/aromatic N) is 1. The fourth-order valence-electron chi connectivity index (χ4n) is 3.81. The maximum atomic E-state index is 13.4. The summed E-state index contributed by atoms with van der Waals surface area (Å²) in [6, 6.07) is 16.4. The van der Waals surface area contributed by atoms with Crippen LogP contribution in [-0.2, 0) is 29.0 Å². The van der Waals surface area contributed by atoms with Gasteiger partial charge in [-0.3, -0.25) is 0 Å². The minimum Gasteiger partial charge on any atom is -0.475 e. The van der Waals surface area contributed by atoms with E-state index < -0.39 is 35.9 Å². The number of hydrogen-bond acceptors (Lipinski definition) is 5. The molecule has 0 fully saturated rings. The third-order valence-electron chi connectivity index (χ3n) is 5.81. The van der Waals surface area contributed by atoms with E-state index in [-0.39, 0.29) is 6.04 Å². The summed E-state index contributed by atoms with van der Waals surface area (Å²) in [5.41, 5.74) is 4.73. The van der Waals surface area contributed by atoms with Gasteiger partial charge in [0.25, 0.3) is 0 Å². The summed E-state index contributed by atoms with van der Waals surface area (Å²) < 4.78 is 96.2. The van der Waals surface area contributed by atoms with Gasteiger partial charge in [0.1, 0.15) is 11.5 Å². The largest absolute Gasteiger partial charge is 0.490 e. The Balaban J connectivity index is 0.000000303. The second-order valence-corrected chi connectivity index (χ2v) is 8.95. The topological polar surface area (TPSA) is 125 Å². The Kier molecular flexibility index (Phi) is 10.3. The van der Waals surface area contributed by atoms with Crippen LogP contribution in [0.4, 0.5) is 35.1 Å². The number of ether oxygens (including phenoxy) is 1. The van der Waals surface area contributed by atoms with Crippen LogP contribution < -0.4 is 10.1 Å². The summed E-state index contributed by atoms with van der Waals surface area (Å²) in [5, 5.41) is 17.7. The van der Waals surface area contributed by atoms with Crippen LogP contribution in [-0.4, -0.2) is 50.5 Å². The lowest BCUT2D eigenvalue weighted by atomic mass is 10.1. The Morgan fingerprint density at radius 3 is 1.81 bits per heavy atom. The number of carbonyl (C=O) groups is 2. The van der Waals surface area contributed by atoms with E-state index in [0.717, 1.165) is 39.2 Å².